The van der Waals surface area contributed by atoms with Gasteiger partial charge in [0, 0.05) is 35.1 Å². The van der Waals surface area contributed by atoms with E-state index in [-0.39, 0.29) is 11.0 Å². The van der Waals surface area contributed by atoms with Gasteiger partial charge in [-0.05, 0) is 36.0 Å². The monoisotopic (exact) mass is 488 g/mol. The Morgan fingerprint density at radius 3 is 2.28 bits per heavy atom. The summed E-state index contributed by atoms with van der Waals surface area (Å²) in [5, 5.41) is 6.93. The van der Waals surface area contributed by atoms with Crippen LogP contribution in [0.4, 0.5) is 17.6 Å². The van der Waals surface area contributed by atoms with Crippen LogP contribution in [-0.2, 0) is 11.3 Å². The second kappa shape index (κ2) is 9.97. The zero-order valence-electron chi connectivity index (χ0n) is 16.7. The number of thiophene rings is 2. The van der Waals surface area contributed by atoms with Gasteiger partial charge in [-0.15, -0.1) is 22.7 Å². The van der Waals surface area contributed by atoms with Crippen molar-refractivity contribution in [2.75, 3.05) is 13.1 Å². The Bertz CT molecular complexity index is 1070. The maximum Gasteiger partial charge on any atom is 0.490 e. The molecule has 172 valence electrons. The molecular weight excluding hydrogens is 468 g/mol. The molecule has 3 heterocycles. The molecule has 0 spiro atoms. The van der Waals surface area contributed by atoms with Crippen molar-refractivity contribution in [2.45, 2.75) is 31.5 Å². The molecule has 1 fully saturated rings. The van der Waals surface area contributed by atoms with Crippen molar-refractivity contribution in [1.29, 1.82) is 0 Å². The van der Waals surface area contributed by atoms with Crippen molar-refractivity contribution < 1.29 is 32.3 Å². The first kappa shape index (κ1) is 24.1. The predicted octanol–water partition coefficient (Wildman–Crippen LogP) is 5.21. The van der Waals surface area contributed by atoms with Crippen LogP contribution >= 0.6 is 22.7 Å². The predicted molar refractivity (Wildman–Crippen MR) is 116 cm³/mol. The molecule has 0 radical (unpaired) electrons. The SMILES string of the molecule is NCc1cccc(C2CCN(C(=O)c3cc4sc(F)cc4s3)CC2)c1.O=C(O)C(F)(F)F. The number of carboxylic acid groups (broad SMARTS) is 1. The summed E-state index contributed by atoms with van der Waals surface area (Å²) >= 11 is 2.49. The molecule has 0 atom stereocenters. The Kier molecular flexibility index (Phi) is 7.52. The highest BCUT2D eigenvalue weighted by Gasteiger charge is 2.38. The lowest BCUT2D eigenvalue weighted by molar-refractivity contribution is -0.192. The van der Waals surface area contributed by atoms with Crippen LogP contribution in [0.15, 0.2) is 36.4 Å². The Morgan fingerprint density at radius 1 is 1.09 bits per heavy atom. The maximum absolute atomic E-state index is 13.2. The van der Waals surface area contributed by atoms with E-state index in [0.29, 0.717) is 17.3 Å². The molecule has 4 rings (SSSR count). The topological polar surface area (TPSA) is 83.6 Å². The van der Waals surface area contributed by atoms with Crippen LogP contribution in [0.1, 0.15) is 39.6 Å². The number of hydrogen-bond acceptors (Lipinski definition) is 5. The van der Waals surface area contributed by atoms with Crippen LogP contribution in [0.5, 0.6) is 0 Å². The second-order valence-electron chi connectivity index (χ2n) is 7.21. The standard InChI is InChI=1S/C19H19FN2OS2.C2HF3O2/c20-18-10-16-15(25-18)9-17(24-16)19(23)22-6-4-13(5-7-22)14-3-1-2-12(8-14)11-21;3-2(4,5)1(6)7/h1-3,8-10,13H,4-7,11,21H2;(H,6,7). The van der Waals surface area contributed by atoms with Gasteiger partial charge in [0.2, 0.25) is 0 Å². The third kappa shape index (κ3) is 5.84. The van der Waals surface area contributed by atoms with E-state index in [1.165, 1.54) is 23.0 Å². The number of rotatable bonds is 3. The molecule has 3 N–H and O–H groups in total. The van der Waals surface area contributed by atoms with Gasteiger partial charge in [0.15, 0.2) is 5.13 Å². The van der Waals surface area contributed by atoms with Gasteiger partial charge in [0.05, 0.1) is 4.88 Å². The zero-order chi connectivity index (χ0) is 23.5. The van der Waals surface area contributed by atoms with E-state index in [1.807, 2.05) is 17.0 Å². The first-order valence-electron chi connectivity index (χ1n) is 9.65. The number of amides is 1. The molecular formula is C21H20F4N2O3S2. The highest BCUT2D eigenvalue weighted by Crippen LogP contribution is 2.34. The summed E-state index contributed by atoms with van der Waals surface area (Å²) in [6.07, 6.45) is -3.15. The fourth-order valence-electron chi connectivity index (χ4n) is 3.46. The molecule has 0 aliphatic carbocycles. The lowest BCUT2D eigenvalue weighted by Crippen LogP contribution is -2.37. The number of alkyl halides is 3. The Labute approximate surface area is 189 Å². The van der Waals surface area contributed by atoms with Crippen LogP contribution in [0, 0.1) is 5.13 Å². The van der Waals surface area contributed by atoms with Crippen molar-refractivity contribution in [2.24, 2.45) is 5.73 Å². The van der Waals surface area contributed by atoms with E-state index in [2.05, 4.69) is 18.2 Å². The van der Waals surface area contributed by atoms with Crippen LogP contribution in [0.3, 0.4) is 0 Å². The quantitative estimate of drug-likeness (QED) is 0.496. The van der Waals surface area contributed by atoms with E-state index >= 15 is 0 Å². The van der Waals surface area contributed by atoms with E-state index in [1.54, 1.807) is 0 Å². The first-order valence-corrected chi connectivity index (χ1v) is 11.3. The third-order valence-electron chi connectivity index (χ3n) is 5.07. The molecule has 0 unspecified atom stereocenters. The number of carbonyl (C=O) groups is 2. The highest BCUT2D eigenvalue weighted by atomic mass is 32.1. The van der Waals surface area contributed by atoms with Crippen LogP contribution in [-0.4, -0.2) is 41.1 Å². The fourth-order valence-corrected chi connectivity index (χ4v) is 5.53. The molecule has 32 heavy (non-hydrogen) atoms. The van der Waals surface area contributed by atoms with Crippen molar-refractivity contribution in [3.05, 3.63) is 57.5 Å². The van der Waals surface area contributed by atoms with Crippen LogP contribution < -0.4 is 5.73 Å². The van der Waals surface area contributed by atoms with Crippen molar-refractivity contribution >= 4 is 43.9 Å². The minimum absolute atomic E-state index is 0.0722. The number of piperidine rings is 1. The highest BCUT2D eigenvalue weighted by molar-refractivity contribution is 7.28. The zero-order valence-corrected chi connectivity index (χ0v) is 18.3. The summed E-state index contributed by atoms with van der Waals surface area (Å²) in [5.74, 6) is -2.20. The minimum atomic E-state index is -5.08. The number of carboxylic acids is 1. The van der Waals surface area contributed by atoms with Gasteiger partial charge in [-0.1, -0.05) is 24.3 Å². The molecule has 1 aromatic carbocycles. The number of nitrogens with zero attached hydrogens (tertiary/aromatic N) is 1. The van der Waals surface area contributed by atoms with Gasteiger partial charge >= 0.3 is 12.1 Å². The Hall–Kier alpha value is -2.50. The Morgan fingerprint density at radius 2 is 1.72 bits per heavy atom. The number of fused-ring (bicyclic) bond motifs is 1. The van der Waals surface area contributed by atoms with E-state index in [4.69, 9.17) is 15.6 Å². The third-order valence-corrected chi connectivity index (χ3v) is 7.14. The molecule has 0 bridgehead atoms. The normalized spacial score (nSPS) is 14.8. The first-order chi connectivity index (χ1) is 15.1. The van der Waals surface area contributed by atoms with Gasteiger partial charge in [0.1, 0.15) is 0 Å². The van der Waals surface area contributed by atoms with Crippen molar-refractivity contribution in [3.63, 3.8) is 0 Å². The van der Waals surface area contributed by atoms with Gasteiger partial charge in [-0.25, -0.2) is 4.79 Å². The number of nitrogens with two attached hydrogens (primary N) is 1. The summed E-state index contributed by atoms with van der Waals surface area (Å²) in [6, 6.07) is 11.8. The Balaban J connectivity index is 0.000000360. The van der Waals surface area contributed by atoms with Crippen molar-refractivity contribution in [3.8, 4) is 0 Å². The number of aliphatic carboxylic acids is 1. The lowest BCUT2D eigenvalue weighted by Gasteiger charge is -2.32. The molecule has 1 saturated heterocycles. The number of benzene rings is 1. The smallest absolute Gasteiger partial charge is 0.475 e. The lowest BCUT2D eigenvalue weighted by atomic mass is 9.88. The summed E-state index contributed by atoms with van der Waals surface area (Å²) in [6.45, 7) is 2.08. The van der Waals surface area contributed by atoms with Gasteiger partial charge in [-0.3, -0.25) is 4.79 Å². The van der Waals surface area contributed by atoms with Gasteiger partial charge < -0.3 is 15.7 Å². The molecule has 2 aromatic heterocycles. The molecule has 11 heteroatoms. The number of carbonyl (C=O) groups excluding carboxylic acids is 1. The summed E-state index contributed by atoms with van der Waals surface area (Å²) < 4.78 is 46.7. The van der Waals surface area contributed by atoms with E-state index < -0.39 is 12.1 Å². The maximum atomic E-state index is 13.2. The van der Waals surface area contributed by atoms with Gasteiger partial charge in [-0.2, -0.15) is 17.6 Å². The molecule has 3 aromatic rings. The average molecular weight is 489 g/mol. The van der Waals surface area contributed by atoms with Crippen LogP contribution in [0.2, 0.25) is 0 Å². The van der Waals surface area contributed by atoms with Crippen LogP contribution in [0.25, 0.3) is 9.40 Å². The fraction of sp³-hybridized carbons (Fsp3) is 0.333. The molecule has 0 saturated carbocycles. The summed E-state index contributed by atoms with van der Waals surface area (Å²) in [4.78, 5) is 24.3. The molecule has 5 nitrogen and oxygen atoms in total. The number of halogens is 4. The minimum Gasteiger partial charge on any atom is -0.475 e. The van der Waals surface area contributed by atoms with E-state index in [0.717, 1.165) is 52.2 Å². The summed E-state index contributed by atoms with van der Waals surface area (Å²) in [7, 11) is 0. The second-order valence-corrected chi connectivity index (χ2v) is 9.33. The largest absolute Gasteiger partial charge is 0.490 e. The number of likely N-dealkylation sites (tertiary alicyclic amines) is 1. The molecule has 1 amide bonds. The van der Waals surface area contributed by atoms with E-state index in [9.17, 15) is 22.4 Å². The average Bonchev–Trinajstić information content (AvgIpc) is 3.30. The molecule has 1 aliphatic rings. The van der Waals surface area contributed by atoms with Gasteiger partial charge in [0.25, 0.3) is 5.91 Å². The molecule has 1 aliphatic heterocycles. The summed E-state index contributed by atoms with van der Waals surface area (Å²) in [5.41, 5.74) is 8.21. The van der Waals surface area contributed by atoms with Crippen molar-refractivity contribution in [1.82, 2.24) is 4.90 Å². The number of hydrogen-bond donors (Lipinski definition) is 2.